The van der Waals surface area contributed by atoms with Crippen LogP contribution in [-0.4, -0.2) is 4.57 Å². The summed E-state index contributed by atoms with van der Waals surface area (Å²) in [7, 11) is 0. The summed E-state index contributed by atoms with van der Waals surface area (Å²) in [4.78, 5) is 2.42. The van der Waals surface area contributed by atoms with E-state index in [0.717, 1.165) is 22.7 Å². The van der Waals surface area contributed by atoms with Crippen LogP contribution in [0.25, 0.3) is 60.9 Å². The van der Waals surface area contributed by atoms with Gasteiger partial charge in [-0.25, -0.2) is 0 Å². The molecular formula is C51H38N2. The minimum Gasteiger partial charge on any atom is -0.310 e. The molecule has 0 saturated heterocycles. The SMILES string of the molecule is CC1(C)c2cc(-c3ccccc3)ccc2-c2ccc(N(c3ccccc3)c3ccc4c5c(-c6ccccc6)cccc5n(-c5ccccc5)c4c3)cc21. The van der Waals surface area contributed by atoms with Gasteiger partial charge in [-0.2, -0.15) is 0 Å². The Morgan fingerprint density at radius 1 is 0.396 bits per heavy atom. The van der Waals surface area contributed by atoms with Gasteiger partial charge in [0, 0.05) is 38.9 Å². The van der Waals surface area contributed by atoms with Gasteiger partial charge in [0.15, 0.2) is 0 Å². The van der Waals surface area contributed by atoms with Crippen LogP contribution in [0.3, 0.4) is 0 Å². The fraction of sp³-hybridized carbons (Fsp3) is 0.0588. The van der Waals surface area contributed by atoms with Crippen LogP contribution in [0, 0.1) is 0 Å². The lowest BCUT2D eigenvalue weighted by atomic mass is 9.81. The maximum Gasteiger partial charge on any atom is 0.0562 e. The predicted molar refractivity (Wildman–Crippen MR) is 224 cm³/mol. The van der Waals surface area contributed by atoms with Crippen molar-refractivity contribution in [1.29, 1.82) is 0 Å². The van der Waals surface area contributed by atoms with Gasteiger partial charge in [0.1, 0.15) is 0 Å². The number of anilines is 3. The molecule has 1 aliphatic carbocycles. The molecule has 0 atom stereocenters. The van der Waals surface area contributed by atoms with Crippen molar-refractivity contribution in [3.05, 3.63) is 205 Å². The van der Waals surface area contributed by atoms with E-state index in [1.54, 1.807) is 0 Å². The van der Waals surface area contributed by atoms with E-state index < -0.39 is 0 Å². The van der Waals surface area contributed by atoms with E-state index in [1.807, 2.05) is 0 Å². The van der Waals surface area contributed by atoms with Crippen LogP contribution < -0.4 is 4.90 Å². The summed E-state index contributed by atoms with van der Waals surface area (Å²) in [6, 6.07) is 70.8. The molecule has 9 aromatic rings. The van der Waals surface area contributed by atoms with Gasteiger partial charge in [0.25, 0.3) is 0 Å². The number of rotatable bonds is 6. The first-order valence-electron chi connectivity index (χ1n) is 18.4. The summed E-state index contributed by atoms with van der Waals surface area (Å²) in [5.41, 5.74) is 17.1. The van der Waals surface area contributed by atoms with Gasteiger partial charge in [-0.1, -0.05) is 147 Å². The maximum absolute atomic E-state index is 2.43. The molecule has 0 unspecified atom stereocenters. The molecule has 0 fully saturated rings. The summed E-state index contributed by atoms with van der Waals surface area (Å²) >= 11 is 0. The van der Waals surface area contributed by atoms with Crippen LogP contribution in [0.2, 0.25) is 0 Å². The molecule has 0 aliphatic heterocycles. The van der Waals surface area contributed by atoms with Crippen LogP contribution in [0.4, 0.5) is 17.1 Å². The molecule has 10 rings (SSSR count). The molecule has 0 bridgehead atoms. The normalized spacial score (nSPS) is 12.9. The molecule has 252 valence electrons. The Morgan fingerprint density at radius 3 is 1.70 bits per heavy atom. The maximum atomic E-state index is 2.43. The highest BCUT2D eigenvalue weighted by atomic mass is 15.1. The quantitative estimate of drug-likeness (QED) is 0.170. The molecule has 1 heterocycles. The van der Waals surface area contributed by atoms with Gasteiger partial charge in [-0.05, 0) is 105 Å². The van der Waals surface area contributed by atoms with Gasteiger partial charge < -0.3 is 9.47 Å². The Hall–Kier alpha value is -6.64. The van der Waals surface area contributed by atoms with Crippen LogP contribution in [0.5, 0.6) is 0 Å². The number of aromatic nitrogens is 1. The third kappa shape index (κ3) is 5.02. The van der Waals surface area contributed by atoms with Crippen LogP contribution in [-0.2, 0) is 5.41 Å². The number of nitrogens with zero attached hydrogens (tertiary/aromatic N) is 2. The second kappa shape index (κ2) is 12.3. The Bertz CT molecular complexity index is 2780. The topological polar surface area (TPSA) is 8.17 Å². The smallest absolute Gasteiger partial charge is 0.0562 e. The number of hydrogen-bond donors (Lipinski definition) is 0. The molecule has 1 aromatic heterocycles. The molecule has 0 N–H and O–H groups in total. The van der Waals surface area contributed by atoms with Crippen molar-refractivity contribution in [2.45, 2.75) is 19.3 Å². The first-order chi connectivity index (χ1) is 26.1. The van der Waals surface area contributed by atoms with Crippen molar-refractivity contribution in [1.82, 2.24) is 4.57 Å². The van der Waals surface area contributed by atoms with Crippen molar-refractivity contribution >= 4 is 38.9 Å². The highest BCUT2D eigenvalue weighted by Crippen LogP contribution is 2.52. The molecule has 53 heavy (non-hydrogen) atoms. The molecule has 0 spiro atoms. The number of benzene rings is 8. The molecule has 2 nitrogen and oxygen atoms in total. The van der Waals surface area contributed by atoms with Crippen molar-refractivity contribution in [3.8, 4) is 39.1 Å². The van der Waals surface area contributed by atoms with Crippen molar-refractivity contribution in [3.63, 3.8) is 0 Å². The van der Waals surface area contributed by atoms with Gasteiger partial charge in [-0.15, -0.1) is 0 Å². The molecular weight excluding hydrogens is 641 g/mol. The number of hydrogen-bond acceptors (Lipinski definition) is 1. The Labute approximate surface area is 310 Å². The second-order valence-corrected chi connectivity index (χ2v) is 14.6. The standard InChI is InChI=1S/C51H38N2/c1-51(2)46-32-37(35-16-7-3-8-17-35)26-29-43(46)44-30-27-40(33-47(44)51)52(38-20-11-5-12-21-38)41-28-31-45-49(34-41)53(39-22-13-6-14-23-39)48-25-15-24-42(50(45)48)36-18-9-4-10-19-36/h3-34H,1-2H3. The lowest BCUT2D eigenvalue weighted by Crippen LogP contribution is -2.16. The Balaban J connectivity index is 1.17. The Kier molecular flexibility index (Phi) is 7.19. The fourth-order valence-electron chi connectivity index (χ4n) is 8.61. The summed E-state index contributed by atoms with van der Waals surface area (Å²) in [5.74, 6) is 0. The number of fused-ring (bicyclic) bond motifs is 6. The minimum absolute atomic E-state index is 0.161. The van der Waals surface area contributed by atoms with Crippen molar-refractivity contribution < 1.29 is 0 Å². The molecule has 1 aliphatic rings. The highest BCUT2D eigenvalue weighted by molar-refractivity contribution is 6.16. The third-order valence-corrected chi connectivity index (χ3v) is 11.2. The van der Waals surface area contributed by atoms with Gasteiger partial charge >= 0.3 is 0 Å². The van der Waals surface area contributed by atoms with E-state index in [-0.39, 0.29) is 5.41 Å². The molecule has 0 radical (unpaired) electrons. The predicted octanol–water partition coefficient (Wildman–Crippen LogP) is 13.9. The van der Waals surface area contributed by atoms with E-state index in [9.17, 15) is 0 Å². The minimum atomic E-state index is -0.161. The first-order valence-corrected chi connectivity index (χ1v) is 18.4. The molecule has 2 heteroatoms. The van der Waals surface area contributed by atoms with E-state index >= 15 is 0 Å². The lowest BCUT2D eigenvalue weighted by Gasteiger charge is -2.28. The van der Waals surface area contributed by atoms with E-state index in [4.69, 9.17) is 0 Å². The van der Waals surface area contributed by atoms with Crippen LogP contribution >= 0.6 is 0 Å². The average Bonchev–Trinajstić information content (AvgIpc) is 3.67. The number of para-hydroxylation sites is 2. The van der Waals surface area contributed by atoms with Gasteiger partial charge in [0.05, 0.1) is 11.0 Å². The van der Waals surface area contributed by atoms with Gasteiger partial charge in [0.2, 0.25) is 0 Å². The average molecular weight is 679 g/mol. The van der Waals surface area contributed by atoms with E-state index in [2.05, 4.69) is 217 Å². The zero-order chi connectivity index (χ0) is 35.5. The van der Waals surface area contributed by atoms with Gasteiger partial charge in [-0.3, -0.25) is 0 Å². The molecule has 0 saturated carbocycles. The summed E-state index contributed by atoms with van der Waals surface area (Å²) < 4.78 is 2.43. The summed E-state index contributed by atoms with van der Waals surface area (Å²) in [6.45, 7) is 4.75. The van der Waals surface area contributed by atoms with Crippen molar-refractivity contribution in [2.75, 3.05) is 4.90 Å². The molecule has 8 aromatic carbocycles. The fourth-order valence-corrected chi connectivity index (χ4v) is 8.61. The lowest BCUT2D eigenvalue weighted by molar-refractivity contribution is 0.660. The summed E-state index contributed by atoms with van der Waals surface area (Å²) in [5, 5.41) is 2.50. The third-order valence-electron chi connectivity index (χ3n) is 11.2. The molecule has 0 amide bonds. The largest absolute Gasteiger partial charge is 0.310 e. The zero-order valence-electron chi connectivity index (χ0n) is 29.9. The van der Waals surface area contributed by atoms with Crippen LogP contribution in [0.1, 0.15) is 25.0 Å². The van der Waals surface area contributed by atoms with E-state index in [1.165, 1.54) is 66.3 Å². The first kappa shape index (κ1) is 31.1. The summed E-state index contributed by atoms with van der Waals surface area (Å²) in [6.07, 6.45) is 0. The van der Waals surface area contributed by atoms with Crippen LogP contribution in [0.15, 0.2) is 194 Å². The monoisotopic (exact) mass is 678 g/mol. The second-order valence-electron chi connectivity index (χ2n) is 14.6. The Morgan fingerprint density at radius 2 is 0.981 bits per heavy atom. The van der Waals surface area contributed by atoms with Crippen molar-refractivity contribution in [2.24, 2.45) is 0 Å². The van der Waals surface area contributed by atoms with E-state index in [0.29, 0.717) is 0 Å². The zero-order valence-corrected chi connectivity index (χ0v) is 29.9. The highest BCUT2D eigenvalue weighted by Gasteiger charge is 2.36.